The van der Waals surface area contributed by atoms with Gasteiger partial charge in [0.05, 0.1) is 10.7 Å². The molecule has 0 unspecified atom stereocenters. The Morgan fingerprint density at radius 1 is 1.05 bits per heavy atom. The average Bonchev–Trinajstić information content (AvgIpc) is 2.44. The van der Waals surface area contributed by atoms with Crippen molar-refractivity contribution >= 4 is 34.7 Å². The summed E-state index contributed by atoms with van der Waals surface area (Å²) in [7, 11) is 0. The summed E-state index contributed by atoms with van der Waals surface area (Å²) >= 11 is 11.9. The number of allylic oxidation sites excluding steroid dienone is 1. The predicted molar refractivity (Wildman–Crippen MR) is 89.5 cm³/mol. The van der Waals surface area contributed by atoms with Crippen LogP contribution in [0.1, 0.15) is 21.5 Å². The third-order valence-corrected chi connectivity index (χ3v) is 3.74. The second-order valence-corrected chi connectivity index (χ2v) is 5.61. The lowest BCUT2D eigenvalue weighted by atomic mass is 10.0. The highest BCUT2D eigenvalue weighted by Gasteiger charge is 2.03. The van der Waals surface area contributed by atoms with E-state index in [4.69, 9.17) is 23.2 Å². The molecule has 0 bridgehead atoms. The minimum atomic E-state index is -0.0596. The van der Waals surface area contributed by atoms with Gasteiger partial charge in [-0.15, -0.1) is 0 Å². The van der Waals surface area contributed by atoms with E-state index >= 15 is 0 Å². The molecule has 1 N–H and O–H groups in total. The molecule has 4 heteroatoms. The third-order valence-electron chi connectivity index (χ3n) is 3.20. The fourth-order valence-corrected chi connectivity index (χ4v) is 2.27. The molecule has 0 radical (unpaired) electrons. The zero-order valence-electron chi connectivity index (χ0n) is 11.8. The van der Waals surface area contributed by atoms with Crippen LogP contribution in [0.2, 0.25) is 10.0 Å². The number of rotatable bonds is 4. The topological polar surface area (TPSA) is 29.1 Å². The third kappa shape index (κ3) is 4.10. The maximum atomic E-state index is 12.1. The Balaban J connectivity index is 2.06. The van der Waals surface area contributed by atoms with Crippen LogP contribution in [0.5, 0.6) is 0 Å². The fraction of sp³-hybridized carbons (Fsp3) is 0.118. The van der Waals surface area contributed by atoms with Gasteiger partial charge in [-0.1, -0.05) is 35.3 Å². The molecular weight excluding hydrogens is 305 g/mol. The molecule has 0 aliphatic carbocycles. The quantitative estimate of drug-likeness (QED) is 0.602. The van der Waals surface area contributed by atoms with Gasteiger partial charge in [-0.05, 0) is 49.2 Å². The van der Waals surface area contributed by atoms with Crippen LogP contribution in [0.15, 0.2) is 48.7 Å². The first-order chi connectivity index (χ1) is 9.97. The van der Waals surface area contributed by atoms with Crippen molar-refractivity contribution in [2.24, 2.45) is 0 Å². The fourth-order valence-electron chi connectivity index (χ4n) is 1.80. The smallest absolute Gasteiger partial charge is 0.187 e. The maximum Gasteiger partial charge on any atom is 0.187 e. The van der Waals surface area contributed by atoms with Crippen LogP contribution in [0.3, 0.4) is 0 Å². The number of hydrogen-bond acceptors (Lipinski definition) is 2. The van der Waals surface area contributed by atoms with Gasteiger partial charge in [0.2, 0.25) is 0 Å². The summed E-state index contributed by atoms with van der Waals surface area (Å²) in [6.45, 7) is 4.01. The first-order valence-electron chi connectivity index (χ1n) is 6.47. The Morgan fingerprint density at radius 2 is 1.81 bits per heavy atom. The number of hydrogen-bond donors (Lipinski definition) is 1. The van der Waals surface area contributed by atoms with E-state index in [1.54, 1.807) is 24.4 Å². The molecule has 0 saturated carbocycles. The summed E-state index contributed by atoms with van der Waals surface area (Å²) in [5.74, 6) is -0.0596. The number of carbonyl (C=O) groups is 1. The predicted octanol–water partition coefficient (Wildman–Crippen LogP) is 5.42. The van der Waals surface area contributed by atoms with Gasteiger partial charge in [0, 0.05) is 22.9 Å². The Morgan fingerprint density at radius 3 is 2.48 bits per heavy atom. The van der Waals surface area contributed by atoms with Crippen LogP contribution >= 0.6 is 23.2 Å². The first kappa shape index (κ1) is 15.6. The lowest BCUT2D eigenvalue weighted by Gasteiger charge is -2.04. The van der Waals surface area contributed by atoms with Gasteiger partial charge < -0.3 is 5.32 Å². The number of carbonyl (C=O) groups excluding carboxylic acids is 1. The van der Waals surface area contributed by atoms with Crippen LogP contribution in [-0.2, 0) is 0 Å². The summed E-state index contributed by atoms with van der Waals surface area (Å²) in [5.41, 5.74) is 3.63. The van der Waals surface area contributed by atoms with E-state index in [9.17, 15) is 4.79 Å². The van der Waals surface area contributed by atoms with Crippen molar-refractivity contribution in [3.8, 4) is 0 Å². The highest BCUT2D eigenvalue weighted by atomic mass is 35.5. The van der Waals surface area contributed by atoms with Gasteiger partial charge in [-0.2, -0.15) is 0 Å². The van der Waals surface area contributed by atoms with Crippen LogP contribution < -0.4 is 5.32 Å². The van der Waals surface area contributed by atoms with Gasteiger partial charge >= 0.3 is 0 Å². The molecule has 0 amide bonds. The van der Waals surface area contributed by atoms with Gasteiger partial charge in [-0.25, -0.2) is 0 Å². The molecule has 2 aromatic rings. The lowest BCUT2D eigenvalue weighted by molar-refractivity contribution is 0.104. The minimum absolute atomic E-state index is 0.0596. The minimum Gasteiger partial charge on any atom is -0.360 e. The number of halogens is 2. The van der Waals surface area contributed by atoms with Gasteiger partial charge in [0.15, 0.2) is 5.78 Å². The monoisotopic (exact) mass is 319 g/mol. The zero-order valence-corrected chi connectivity index (χ0v) is 13.3. The number of anilines is 1. The molecule has 0 atom stereocenters. The number of aryl methyl sites for hydroxylation is 2. The Hall–Kier alpha value is -1.77. The molecule has 0 spiro atoms. The molecule has 0 aromatic heterocycles. The molecular formula is C17H15Cl2NO. The number of nitrogens with one attached hydrogen (secondary N) is 1. The Kier molecular flexibility index (Phi) is 5.05. The van der Waals surface area contributed by atoms with Crippen molar-refractivity contribution in [2.45, 2.75) is 13.8 Å². The van der Waals surface area contributed by atoms with Crippen molar-refractivity contribution in [1.82, 2.24) is 0 Å². The largest absolute Gasteiger partial charge is 0.360 e. The van der Waals surface area contributed by atoms with E-state index in [1.165, 1.54) is 11.6 Å². The normalized spacial score (nSPS) is 10.9. The summed E-state index contributed by atoms with van der Waals surface area (Å²) in [6.07, 6.45) is 3.06. The summed E-state index contributed by atoms with van der Waals surface area (Å²) in [6, 6.07) is 10.8. The Labute approximate surface area is 134 Å². The van der Waals surface area contributed by atoms with E-state index in [0.717, 1.165) is 5.56 Å². The van der Waals surface area contributed by atoms with Crippen LogP contribution in [0.25, 0.3) is 0 Å². The van der Waals surface area contributed by atoms with E-state index < -0.39 is 0 Å². The van der Waals surface area contributed by atoms with E-state index in [0.29, 0.717) is 21.3 Å². The van der Waals surface area contributed by atoms with Crippen LogP contribution in [0, 0.1) is 13.8 Å². The molecule has 0 saturated heterocycles. The average molecular weight is 320 g/mol. The van der Waals surface area contributed by atoms with Crippen molar-refractivity contribution in [2.75, 3.05) is 5.32 Å². The summed E-state index contributed by atoms with van der Waals surface area (Å²) in [4.78, 5) is 12.1. The standard InChI is InChI=1S/C17H15Cl2NO/c1-11-3-4-13(9-12(11)2)17(21)7-8-20-16-6-5-14(18)10-15(16)19/h3-10,20H,1-2H3/b8-7+. The SMILES string of the molecule is Cc1ccc(C(=O)/C=C/Nc2ccc(Cl)cc2Cl)cc1C. The molecule has 2 nitrogen and oxygen atoms in total. The first-order valence-corrected chi connectivity index (χ1v) is 7.22. The highest BCUT2D eigenvalue weighted by molar-refractivity contribution is 6.36. The van der Waals surface area contributed by atoms with Gasteiger partial charge in [0.25, 0.3) is 0 Å². The molecule has 0 aliphatic heterocycles. The molecule has 0 fully saturated rings. The molecule has 0 aliphatic rings. The molecule has 2 aromatic carbocycles. The number of benzene rings is 2. The van der Waals surface area contributed by atoms with Crippen LogP contribution in [0.4, 0.5) is 5.69 Å². The summed E-state index contributed by atoms with van der Waals surface area (Å²) in [5, 5.41) is 4.05. The second-order valence-electron chi connectivity index (χ2n) is 4.77. The molecule has 21 heavy (non-hydrogen) atoms. The molecule has 0 heterocycles. The second kappa shape index (κ2) is 6.79. The molecule has 108 valence electrons. The zero-order chi connectivity index (χ0) is 15.4. The van der Waals surface area contributed by atoms with E-state index in [2.05, 4.69) is 5.32 Å². The number of ketones is 1. The van der Waals surface area contributed by atoms with Gasteiger partial charge in [0.1, 0.15) is 0 Å². The summed E-state index contributed by atoms with van der Waals surface area (Å²) < 4.78 is 0. The van der Waals surface area contributed by atoms with Crippen molar-refractivity contribution < 1.29 is 4.79 Å². The maximum absolute atomic E-state index is 12.1. The van der Waals surface area contributed by atoms with Crippen LogP contribution in [-0.4, -0.2) is 5.78 Å². The van der Waals surface area contributed by atoms with E-state index in [1.807, 2.05) is 32.0 Å². The Bertz CT molecular complexity index is 708. The van der Waals surface area contributed by atoms with Crippen molar-refractivity contribution in [3.63, 3.8) is 0 Å². The van der Waals surface area contributed by atoms with Gasteiger partial charge in [-0.3, -0.25) is 4.79 Å². The van der Waals surface area contributed by atoms with Crippen molar-refractivity contribution in [3.05, 3.63) is 75.4 Å². The lowest BCUT2D eigenvalue weighted by Crippen LogP contribution is -1.98. The van der Waals surface area contributed by atoms with Crippen molar-refractivity contribution in [1.29, 1.82) is 0 Å². The van der Waals surface area contributed by atoms with E-state index in [-0.39, 0.29) is 5.78 Å². The molecule has 2 rings (SSSR count). The highest BCUT2D eigenvalue weighted by Crippen LogP contribution is 2.25.